The van der Waals surface area contributed by atoms with Crippen LogP contribution in [0, 0.1) is 0 Å². The number of hydrogen-bond acceptors (Lipinski definition) is 3. The van der Waals surface area contributed by atoms with Gasteiger partial charge in [-0.3, -0.25) is 9.69 Å². The third kappa shape index (κ3) is 2.77. The molecule has 1 amide bonds. The van der Waals surface area contributed by atoms with Crippen molar-refractivity contribution < 1.29 is 4.79 Å². The van der Waals surface area contributed by atoms with Crippen LogP contribution in [0.1, 0.15) is 5.56 Å². The van der Waals surface area contributed by atoms with Crippen molar-refractivity contribution in [2.75, 3.05) is 6.54 Å². The fraction of sp³-hybridized carbons (Fsp3) is 0.0476. The Hall–Kier alpha value is -2.43. The van der Waals surface area contributed by atoms with Gasteiger partial charge in [0.15, 0.2) is 0 Å². The molecule has 122 valence electrons. The van der Waals surface area contributed by atoms with Crippen molar-refractivity contribution in [3.63, 3.8) is 0 Å². The van der Waals surface area contributed by atoms with E-state index in [-0.39, 0.29) is 5.91 Å². The normalized spacial score (nSPS) is 16.3. The van der Waals surface area contributed by atoms with Crippen LogP contribution in [0.5, 0.6) is 0 Å². The zero-order chi connectivity index (χ0) is 17.4. The van der Waals surface area contributed by atoms with Gasteiger partial charge in [-0.1, -0.05) is 78.6 Å². The predicted molar refractivity (Wildman–Crippen MR) is 112 cm³/mol. The summed E-state index contributed by atoms with van der Waals surface area (Å²) in [6, 6.07) is 18.7. The van der Waals surface area contributed by atoms with Gasteiger partial charge in [-0.2, -0.15) is 0 Å². The molecule has 0 N–H and O–H groups in total. The van der Waals surface area contributed by atoms with Gasteiger partial charge >= 0.3 is 0 Å². The Morgan fingerprint density at radius 1 is 1.04 bits per heavy atom. The number of carbonyl (C=O) groups excluding carboxylic acids is 1. The van der Waals surface area contributed by atoms with E-state index >= 15 is 0 Å². The van der Waals surface area contributed by atoms with Gasteiger partial charge in [-0.15, -0.1) is 6.58 Å². The molecule has 3 aromatic rings. The summed E-state index contributed by atoms with van der Waals surface area (Å²) in [6.45, 7) is 4.14. The van der Waals surface area contributed by atoms with Crippen LogP contribution in [-0.2, 0) is 4.79 Å². The molecule has 1 fully saturated rings. The van der Waals surface area contributed by atoms with E-state index in [4.69, 9.17) is 12.2 Å². The van der Waals surface area contributed by atoms with Crippen LogP contribution in [0.2, 0.25) is 0 Å². The lowest BCUT2D eigenvalue weighted by Gasteiger charge is -2.11. The van der Waals surface area contributed by atoms with Gasteiger partial charge in [0.1, 0.15) is 4.32 Å². The molecular weight excluding hydrogens is 346 g/mol. The van der Waals surface area contributed by atoms with Gasteiger partial charge in [-0.05, 0) is 39.3 Å². The van der Waals surface area contributed by atoms with Crippen molar-refractivity contribution in [1.82, 2.24) is 4.90 Å². The molecule has 0 atom stereocenters. The number of amides is 1. The maximum absolute atomic E-state index is 12.7. The molecular formula is C21H15NOS2. The van der Waals surface area contributed by atoms with Crippen molar-refractivity contribution in [1.29, 1.82) is 0 Å². The minimum absolute atomic E-state index is 0.0492. The molecule has 3 aromatic carbocycles. The highest BCUT2D eigenvalue weighted by atomic mass is 32.2. The van der Waals surface area contributed by atoms with Gasteiger partial charge in [0.05, 0.1) is 4.91 Å². The van der Waals surface area contributed by atoms with Crippen LogP contribution in [0.15, 0.2) is 72.2 Å². The summed E-state index contributed by atoms with van der Waals surface area (Å²) in [6.07, 6.45) is 3.67. The molecule has 0 radical (unpaired) electrons. The minimum Gasteiger partial charge on any atom is -0.289 e. The summed E-state index contributed by atoms with van der Waals surface area (Å²) >= 11 is 6.70. The Balaban J connectivity index is 1.95. The molecule has 0 bridgehead atoms. The largest absolute Gasteiger partial charge is 0.289 e. The van der Waals surface area contributed by atoms with Crippen molar-refractivity contribution >= 4 is 61.8 Å². The van der Waals surface area contributed by atoms with Crippen LogP contribution in [-0.4, -0.2) is 21.7 Å². The molecule has 0 spiro atoms. The predicted octanol–water partition coefficient (Wildman–Crippen LogP) is 5.38. The second kappa shape index (κ2) is 6.47. The van der Waals surface area contributed by atoms with E-state index in [9.17, 15) is 4.79 Å². The standard InChI is InChI=1S/C21H15NOS2/c1-2-11-22-20(23)19(25-21(22)24)13-18-16-9-5-3-7-14(16)12-15-8-4-6-10-17(15)18/h2-10,12-13H,1,11H2. The molecule has 0 aliphatic carbocycles. The number of benzene rings is 3. The maximum Gasteiger partial charge on any atom is 0.266 e. The molecule has 1 aliphatic rings. The molecule has 0 saturated carbocycles. The van der Waals surface area contributed by atoms with Crippen molar-refractivity contribution in [3.8, 4) is 0 Å². The minimum atomic E-state index is -0.0492. The van der Waals surface area contributed by atoms with Gasteiger partial charge < -0.3 is 0 Å². The molecule has 2 nitrogen and oxygen atoms in total. The summed E-state index contributed by atoms with van der Waals surface area (Å²) < 4.78 is 0.584. The van der Waals surface area contributed by atoms with Crippen LogP contribution >= 0.6 is 24.0 Å². The average molecular weight is 361 g/mol. The first kappa shape index (κ1) is 16.1. The summed E-state index contributed by atoms with van der Waals surface area (Å²) in [5.41, 5.74) is 1.06. The Labute approximate surface area is 155 Å². The number of thiocarbonyl (C=S) groups is 1. The Kier molecular flexibility index (Phi) is 4.15. The van der Waals surface area contributed by atoms with E-state index in [1.807, 2.05) is 30.3 Å². The van der Waals surface area contributed by atoms with Crippen LogP contribution in [0.4, 0.5) is 0 Å². The highest BCUT2D eigenvalue weighted by Gasteiger charge is 2.31. The number of carbonyl (C=O) groups is 1. The van der Waals surface area contributed by atoms with Gasteiger partial charge in [0.2, 0.25) is 0 Å². The molecule has 1 heterocycles. The van der Waals surface area contributed by atoms with Crippen LogP contribution < -0.4 is 0 Å². The van der Waals surface area contributed by atoms with E-state index < -0.39 is 0 Å². The first-order valence-corrected chi connectivity index (χ1v) is 9.18. The lowest BCUT2D eigenvalue weighted by atomic mass is 9.96. The van der Waals surface area contributed by atoms with Crippen molar-refractivity contribution in [2.45, 2.75) is 0 Å². The van der Waals surface area contributed by atoms with E-state index in [1.54, 1.807) is 11.0 Å². The van der Waals surface area contributed by atoms with E-state index in [2.05, 4.69) is 36.9 Å². The van der Waals surface area contributed by atoms with E-state index in [0.29, 0.717) is 15.8 Å². The van der Waals surface area contributed by atoms with Crippen LogP contribution in [0.25, 0.3) is 27.6 Å². The molecule has 25 heavy (non-hydrogen) atoms. The maximum atomic E-state index is 12.7. The average Bonchev–Trinajstić information content (AvgIpc) is 2.89. The number of fused-ring (bicyclic) bond motifs is 2. The Bertz CT molecular complexity index is 1010. The first-order chi connectivity index (χ1) is 12.2. The van der Waals surface area contributed by atoms with E-state index in [1.165, 1.54) is 11.8 Å². The van der Waals surface area contributed by atoms with Gasteiger partial charge in [0.25, 0.3) is 5.91 Å². The highest BCUT2D eigenvalue weighted by molar-refractivity contribution is 8.26. The SMILES string of the molecule is C=CCN1C(=O)C(=Cc2c3ccccc3cc3ccccc23)SC1=S. The summed E-state index contributed by atoms with van der Waals surface area (Å²) in [7, 11) is 0. The van der Waals surface area contributed by atoms with Gasteiger partial charge in [-0.25, -0.2) is 0 Å². The van der Waals surface area contributed by atoms with Crippen LogP contribution in [0.3, 0.4) is 0 Å². The molecule has 1 aliphatic heterocycles. The first-order valence-electron chi connectivity index (χ1n) is 7.96. The Morgan fingerprint density at radius 3 is 2.24 bits per heavy atom. The lowest BCUT2D eigenvalue weighted by molar-refractivity contribution is -0.121. The number of hydrogen-bond donors (Lipinski definition) is 0. The third-order valence-electron chi connectivity index (χ3n) is 4.27. The van der Waals surface area contributed by atoms with Crippen molar-refractivity contribution in [3.05, 3.63) is 77.7 Å². The monoisotopic (exact) mass is 361 g/mol. The molecule has 4 rings (SSSR count). The third-order valence-corrected chi connectivity index (χ3v) is 5.65. The van der Waals surface area contributed by atoms with Gasteiger partial charge in [0, 0.05) is 6.54 Å². The summed E-state index contributed by atoms with van der Waals surface area (Å²) in [4.78, 5) is 14.9. The summed E-state index contributed by atoms with van der Waals surface area (Å²) in [5.74, 6) is -0.0492. The van der Waals surface area contributed by atoms with E-state index in [0.717, 1.165) is 27.1 Å². The molecule has 4 heteroatoms. The molecule has 0 unspecified atom stereocenters. The smallest absolute Gasteiger partial charge is 0.266 e. The topological polar surface area (TPSA) is 20.3 Å². The second-order valence-corrected chi connectivity index (χ2v) is 7.49. The lowest BCUT2D eigenvalue weighted by Crippen LogP contribution is -2.27. The van der Waals surface area contributed by atoms with Crippen molar-refractivity contribution in [2.24, 2.45) is 0 Å². The molecule has 1 saturated heterocycles. The highest BCUT2D eigenvalue weighted by Crippen LogP contribution is 2.36. The zero-order valence-electron chi connectivity index (χ0n) is 13.4. The quantitative estimate of drug-likeness (QED) is 0.270. The Morgan fingerprint density at radius 2 is 1.64 bits per heavy atom. The number of nitrogens with zero attached hydrogens (tertiary/aromatic N) is 1. The zero-order valence-corrected chi connectivity index (χ0v) is 15.1. The fourth-order valence-corrected chi connectivity index (χ4v) is 4.38. The number of rotatable bonds is 3. The fourth-order valence-electron chi connectivity index (χ4n) is 3.12. The summed E-state index contributed by atoms with van der Waals surface area (Å²) in [5, 5.41) is 4.59. The number of thioether (sulfide) groups is 1. The second-order valence-electron chi connectivity index (χ2n) is 5.81. The molecule has 0 aromatic heterocycles.